The maximum absolute atomic E-state index is 13.6. The van der Waals surface area contributed by atoms with E-state index in [1.165, 1.54) is 36.8 Å². The lowest BCUT2D eigenvalue weighted by Crippen LogP contribution is -2.15. The van der Waals surface area contributed by atoms with Crippen LogP contribution in [0.15, 0.2) is 73.2 Å². The second-order valence-electron chi connectivity index (χ2n) is 6.55. The maximum atomic E-state index is 13.6. The van der Waals surface area contributed by atoms with Crippen LogP contribution in [0.3, 0.4) is 0 Å². The number of nitrogens with zero attached hydrogens (tertiary/aromatic N) is 4. The van der Waals surface area contributed by atoms with Crippen LogP contribution in [-0.2, 0) is 6.18 Å². The minimum atomic E-state index is -4.64. The summed E-state index contributed by atoms with van der Waals surface area (Å²) in [6.07, 6.45) is -0.445. The largest absolute Gasteiger partial charge is 0.433 e. The Morgan fingerprint density at radius 1 is 1.03 bits per heavy atom. The van der Waals surface area contributed by atoms with Crippen LogP contribution in [0.5, 0.6) is 0 Å². The Balaban J connectivity index is 1.63. The fourth-order valence-corrected chi connectivity index (χ4v) is 2.88. The summed E-state index contributed by atoms with van der Waals surface area (Å²) in [5, 5.41) is 6.68. The van der Waals surface area contributed by atoms with Crippen LogP contribution in [0.4, 0.5) is 24.5 Å². The van der Waals surface area contributed by atoms with Gasteiger partial charge in [0, 0.05) is 29.2 Å². The third-order valence-electron chi connectivity index (χ3n) is 4.33. The number of carbonyl (C=O) groups excluding carboxylic acids is 1. The van der Waals surface area contributed by atoms with E-state index in [9.17, 15) is 18.0 Å². The van der Waals surface area contributed by atoms with Crippen molar-refractivity contribution in [1.82, 2.24) is 19.7 Å². The zero-order chi connectivity index (χ0) is 22.0. The van der Waals surface area contributed by atoms with E-state index in [1.807, 2.05) is 0 Å². The molecule has 0 radical (unpaired) electrons. The highest BCUT2D eigenvalue weighted by Gasteiger charge is 2.36. The number of hydrogen-bond acceptors (Lipinski definition) is 5. The van der Waals surface area contributed by atoms with Crippen LogP contribution in [-0.4, -0.2) is 25.7 Å². The van der Waals surface area contributed by atoms with Gasteiger partial charge in [-0.05, 0) is 48.5 Å². The van der Waals surface area contributed by atoms with E-state index in [1.54, 1.807) is 30.3 Å². The van der Waals surface area contributed by atoms with Crippen LogP contribution in [0, 0.1) is 0 Å². The van der Waals surface area contributed by atoms with Gasteiger partial charge in [0.15, 0.2) is 11.5 Å². The molecule has 3 N–H and O–H groups in total. The van der Waals surface area contributed by atoms with Crippen LogP contribution >= 0.6 is 0 Å². The number of nitrogen functional groups attached to an aromatic ring is 1. The summed E-state index contributed by atoms with van der Waals surface area (Å²) in [6, 6.07) is 13.3. The zero-order valence-corrected chi connectivity index (χ0v) is 15.8. The first kappa shape index (κ1) is 20.1. The molecule has 0 spiro atoms. The molecule has 0 unspecified atom stereocenters. The van der Waals surface area contributed by atoms with Gasteiger partial charge in [0.05, 0.1) is 17.6 Å². The third-order valence-corrected chi connectivity index (χ3v) is 4.33. The van der Waals surface area contributed by atoms with Gasteiger partial charge in [0.1, 0.15) is 0 Å². The van der Waals surface area contributed by atoms with Crippen molar-refractivity contribution in [2.45, 2.75) is 6.18 Å². The quantitative estimate of drug-likeness (QED) is 0.479. The van der Waals surface area contributed by atoms with Gasteiger partial charge in [-0.1, -0.05) is 6.07 Å². The minimum absolute atomic E-state index is 0.0515. The summed E-state index contributed by atoms with van der Waals surface area (Å²) in [6.45, 7) is 0. The highest BCUT2D eigenvalue weighted by atomic mass is 19.4. The molecular formula is C21H15F3N6O. The van der Waals surface area contributed by atoms with E-state index in [0.717, 1.165) is 6.07 Å². The lowest BCUT2D eigenvalue weighted by molar-refractivity contribution is -0.142. The second kappa shape index (κ2) is 7.90. The smallest absolute Gasteiger partial charge is 0.399 e. The molecule has 4 rings (SSSR count). The Kier molecular flexibility index (Phi) is 5.12. The van der Waals surface area contributed by atoms with Gasteiger partial charge in [0.25, 0.3) is 5.91 Å². The lowest BCUT2D eigenvalue weighted by Gasteiger charge is -2.10. The molecule has 0 saturated carbocycles. The summed E-state index contributed by atoms with van der Waals surface area (Å²) in [5.41, 5.74) is 6.34. The number of nitrogens with one attached hydrogen (secondary N) is 1. The fourth-order valence-electron chi connectivity index (χ4n) is 2.88. The monoisotopic (exact) mass is 424 g/mol. The van der Waals surface area contributed by atoms with Gasteiger partial charge in [0.2, 0.25) is 0 Å². The van der Waals surface area contributed by atoms with Crippen LogP contribution in [0.25, 0.3) is 17.1 Å². The number of anilines is 2. The standard InChI is InChI=1S/C21H15F3N6O/c22-21(23,24)18-10-17(14-4-2-8-26-11-14)29-30(18)19-7-6-16(12-27-19)28-20(31)13-3-1-5-15(25)9-13/h1-12H,25H2,(H,28,31). The number of rotatable bonds is 4. The Morgan fingerprint density at radius 3 is 2.52 bits per heavy atom. The molecule has 0 aliphatic heterocycles. The van der Waals surface area contributed by atoms with Crippen molar-refractivity contribution in [3.63, 3.8) is 0 Å². The second-order valence-corrected chi connectivity index (χ2v) is 6.55. The molecule has 0 atom stereocenters. The first-order valence-corrected chi connectivity index (χ1v) is 9.02. The van der Waals surface area contributed by atoms with Crippen molar-refractivity contribution in [3.8, 4) is 17.1 Å². The highest BCUT2D eigenvalue weighted by molar-refractivity contribution is 6.04. The SMILES string of the molecule is Nc1cccc(C(=O)Nc2ccc(-n3nc(-c4cccnc4)cc3C(F)(F)F)nc2)c1. The first-order chi connectivity index (χ1) is 14.8. The van der Waals surface area contributed by atoms with Crippen molar-refractivity contribution >= 4 is 17.3 Å². The number of benzene rings is 1. The first-order valence-electron chi connectivity index (χ1n) is 9.02. The average molecular weight is 424 g/mol. The van der Waals surface area contributed by atoms with E-state index in [4.69, 9.17) is 5.73 Å². The summed E-state index contributed by atoms with van der Waals surface area (Å²) >= 11 is 0. The van der Waals surface area contributed by atoms with E-state index >= 15 is 0 Å². The molecule has 7 nitrogen and oxygen atoms in total. The zero-order valence-electron chi connectivity index (χ0n) is 15.8. The number of nitrogens with two attached hydrogens (primary N) is 1. The number of halogens is 3. The molecule has 10 heteroatoms. The Bertz CT molecular complexity index is 1220. The van der Waals surface area contributed by atoms with Gasteiger partial charge < -0.3 is 11.1 Å². The number of hydrogen-bond donors (Lipinski definition) is 2. The predicted octanol–water partition coefficient (Wildman–Crippen LogP) is 4.18. The summed E-state index contributed by atoms with van der Waals surface area (Å²) < 4.78 is 41.4. The van der Waals surface area contributed by atoms with E-state index in [-0.39, 0.29) is 11.5 Å². The molecule has 3 heterocycles. The Hall–Kier alpha value is -4.21. The highest BCUT2D eigenvalue weighted by Crippen LogP contribution is 2.33. The molecule has 0 saturated heterocycles. The molecule has 1 amide bonds. The maximum Gasteiger partial charge on any atom is 0.433 e. The van der Waals surface area contributed by atoms with E-state index in [2.05, 4.69) is 20.4 Å². The summed E-state index contributed by atoms with van der Waals surface area (Å²) in [5.74, 6) is -0.472. The van der Waals surface area contributed by atoms with Crippen molar-refractivity contribution in [2.75, 3.05) is 11.1 Å². The van der Waals surface area contributed by atoms with Gasteiger partial charge >= 0.3 is 6.18 Å². The van der Waals surface area contributed by atoms with Crippen molar-refractivity contribution < 1.29 is 18.0 Å². The van der Waals surface area contributed by atoms with Gasteiger partial charge in [-0.2, -0.15) is 18.3 Å². The Labute approximate surface area is 174 Å². The normalized spacial score (nSPS) is 11.3. The van der Waals surface area contributed by atoms with Crippen molar-refractivity contribution in [3.05, 3.63) is 84.4 Å². The molecule has 1 aromatic carbocycles. The number of aromatic nitrogens is 4. The van der Waals surface area contributed by atoms with E-state index in [0.29, 0.717) is 27.2 Å². The molecule has 3 aromatic heterocycles. The summed E-state index contributed by atoms with van der Waals surface area (Å²) in [4.78, 5) is 20.3. The minimum Gasteiger partial charge on any atom is -0.399 e. The molecule has 0 aliphatic rings. The lowest BCUT2D eigenvalue weighted by atomic mass is 10.2. The number of carbonyl (C=O) groups is 1. The average Bonchev–Trinajstić information content (AvgIpc) is 3.21. The number of pyridine rings is 2. The molecule has 31 heavy (non-hydrogen) atoms. The topological polar surface area (TPSA) is 98.7 Å². The molecule has 0 fully saturated rings. The third kappa shape index (κ3) is 4.37. The molecule has 0 aliphatic carbocycles. The molecule has 156 valence electrons. The molecule has 4 aromatic rings. The Morgan fingerprint density at radius 2 is 1.87 bits per heavy atom. The summed E-state index contributed by atoms with van der Waals surface area (Å²) in [7, 11) is 0. The van der Waals surface area contributed by atoms with Gasteiger partial charge in [-0.3, -0.25) is 9.78 Å². The van der Waals surface area contributed by atoms with Crippen LogP contribution in [0.2, 0.25) is 0 Å². The van der Waals surface area contributed by atoms with Crippen LogP contribution < -0.4 is 11.1 Å². The molecular weight excluding hydrogens is 409 g/mol. The van der Waals surface area contributed by atoms with Crippen LogP contribution in [0.1, 0.15) is 16.1 Å². The molecule has 0 bridgehead atoms. The van der Waals surface area contributed by atoms with E-state index < -0.39 is 17.8 Å². The number of alkyl halides is 3. The van der Waals surface area contributed by atoms with Gasteiger partial charge in [-0.25, -0.2) is 9.67 Å². The number of amides is 1. The van der Waals surface area contributed by atoms with Crippen molar-refractivity contribution in [1.29, 1.82) is 0 Å². The fraction of sp³-hybridized carbons (Fsp3) is 0.0476. The van der Waals surface area contributed by atoms with Gasteiger partial charge in [-0.15, -0.1) is 0 Å². The van der Waals surface area contributed by atoms with Crippen molar-refractivity contribution in [2.24, 2.45) is 0 Å². The predicted molar refractivity (Wildman–Crippen MR) is 108 cm³/mol.